The third-order valence-electron chi connectivity index (χ3n) is 29.4. The van der Waals surface area contributed by atoms with Gasteiger partial charge < -0.3 is 107 Å². The SMILES string of the molecule is COc1cc(CNC(=O)[C@@H]2CN(C3=N[C@@H](C)[C@H](c4cccc(N[C@H](CCCCN5CCCCC5)C(=O)N5CCN(C6=N[C@@H](C)[C@H](c7ccccc7)O6)C[C@H]5C(=O)NCc5cccs5)c4)O3)CCN2C(=O)[C@@H](CCCCN2CCC(c3ccc([C@@H]4OC(N5CCN(C(=O)[C@@H](CCCCNC(C)C)NC(C)C)[C@H](C(=O)NCc6cccc(Cl)c6)C5)=N[C@H]4C)cc3)CC2)NC2CCC(CN)CC2)ccc1C(N)=O. The van der Waals surface area contributed by atoms with Gasteiger partial charge in [0.15, 0.2) is 0 Å². The van der Waals surface area contributed by atoms with E-state index < -0.39 is 48.3 Å². The summed E-state index contributed by atoms with van der Waals surface area (Å²) >= 11 is 7.93. The fraction of sp³-hybridized carbons (Fsp3) is 0.589. The summed E-state index contributed by atoms with van der Waals surface area (Å²) in [6.07, 6.45) is 15.1. The van der Waals surface area contributed by atoms with Crippen LogP contribution >= 0.6 is 22.9 Å². The average Bonchev–Trinajstić information content (AvgIpc) is 1.64. The molecule has 0 spiro atoms. The van der Waals surface area contributed by atoms with Gasteiger partial charge in [0.2, 0.25) is 35.4 Å². The van der Waals surface area contributed by atoms with Crippen LogP contribution in [0.1, 0.15) is 237 Å². The molecule has 9 heterocycles. The Labute approximate surface area is 836 Å². The van der Waals surface area contributed by atoms with E-state index in [2.05, 4.69) is 92.1 Å². The van der Waals surface area contributed by atoms with E-state index in [4.69, 9.17) is 57.0 Å². The van der Waals surface area contributed by atoms with Gasteiger partial charge in [-0.05, 0) is 263 Å². The van der Waals surface area contributed by atoms with Gasteiger partial charge in [0, 0.05) is 86.1 Å². The molecule has 758 valence electrons. The Kier molecular flexibility index (Phi) is 37.5. The predicted octanol–water partition coefficient (Wildman–Crippen LogP) is 11.6. The topological polar surface area (TPSA) is 356 Å². The van der Waals surface area contributed by atoms with Gasteiger partial charge in [-0.3, -0.25) is 33.6 Å². The van der Waals surface area contributed by atoms with Crippen LogP contribution in [0.4, 0.5) is 5.69 Å². The summed E-state index contributed by atoms with van der Waals surface area (Å²) in [7, 11) is 1.47. The number of carbonyl (C=O) groups excluding carboxylic acids is 7. The quantitative estimate of drug-likeness (QED) is 0.0161. The number of piperazine rings is 3. The zero-order valence-electron chi connectivity index (χ0n) is 83.3. The van der Waals surface area contributed by atoms with Gasteiger partial charge in [0.1, 0.15) is 48.2 Å². The number of ether oxygens (including phenoxy) is 4. The van der Waals surface area contributed by atoms with Crippen LogP contribution in [0.2, 0.25) is 5.02 Å². The molecular formula is C107H151ClN20O11S. The van der Waals surface area contributed by atoms with Crippen molar-refractivity contribution in [1.29, 1.82) is 0 Å². The maximum atomic E-state index is 15.9. The number of nitrogens with zero attached hydrogens (tertiary/aromatic N) is 11. The Morgan fingerprint density at radius 1 is 0.493 bits per heavy atom. The molecule has 7 amide bonds. The van der Waals surface area contributed by atoms with Crippen LogP contribution in [0.15, 0.2) is 154 Å². The normalized spacial score (nSPS) is 23.9. The summed E-state index contributed by atoms with van der Waals surface area (Å²) in [4.78, 5) is 136. The van der Waals surface area contributed by atoms with Gasteiger partial charge in [-0.2, -0.15) is 0 Å². The number of anilines is 1. The molecule has 6 fully saturated rings. The third kappa shape index (κ3) is 27.7. The van der Waals surface area contributed by atoms with Crippen molar-refractivity contribution in [3.63, 3.8) is 0 Å². The number of unbranched alkanes of at least 4 members (excludes halogenated alkanes) is 3. The highest BCUT2D eigenvalue weighted by atomic mass is 35.5. The molecule has 5 aromatic carbocycles. The maximum absolute atomic E-state index is 15.9. The number of thiophene rings is 1. The fourth-order valence-corrected chi connectivity index (χ4v) is 22.3. The third-order valence-corrected chi connectivity index (χ3v) is 30.6. The van der Waals surface area contributed by atoms with Crippen molar-refractivity contribution in [3.8, 4) is 5.75 Å². The highest BCUT2D eigenvalue weighted by Crippen LogP contribution is 2.39. The smallest absolute Gasteiger partial charge is 0.288 e. The number of amides is 7. The minimum atomic E-state index is -0.972. The zero-order valence-corrected chi connectivity index (χ0v) is 84.9. The number of benzene rings is 5. The van der Waals surface area contributed by atoms with E-state index in [1.807, 2.05) is 133 Å². The van der Waals surface area contributed by atoms with Crippen LogP contribution in [-0.4, -0.2) is 289 Å². The Hall–Kier alpha value is -10.5. The Balaban J connectivity index is 0.585. The second kappa shape index (κ2) is 50.5. The van der Waals surface area contributed by atoms with Crippen LogP contribution in [0.5, 0.6) is 5.75 Å². The van der Waals surface area contributed by atoms with E-state index in [9.17, 15) is 19.2 Å². The van der Waals surface area contributed by atoms with Gasteiger partial charge in [-0.1, -0.05) is 150 Å². The van der Waals surface area contributed by atoms with Gasteiger partial charge >= 0.3 is 0 Å². The Morgan fingerprint density at radius 3 is 1.54 bits per heavy atom. The van der Waals surface area contributed by atoms with E-state index in [-0.39, 0.29) is 135 Å². The van der Waals surface area contributed by atoms with Crippen LogP contribution in [0.25, 0.3) is 0 Å². The first-order chi connectivity index (χ1) is 67.9. The molecule has 140 heavy (non-hydrogen) atoms. The van der Waals surface area contributed by atoms with Crippen LogP contribution in [0.3, 0.4) is 0 Å². The number of aliphatic imine (C=N–C) groups is 3. The Bertz CT molecular complexity index is 5170. The number of primary amides is 1. The molecule has 0 radical (unpaired) electrons. The van der Waals surface area contributed by atoms with Gasteiger partial charge in [-0.25, -0.2) is 15.0 Å². The van der Waals surface area contributed by atoms with Crippen LogP contribution in [0, 0.1) is 5.92 Å². The molecule has 33 heteroatoms. The summed E-state index contributed by atoms with van der Waals surface area (Å²) in [5, 5.41) is 26.7. The first-order valence-electron chi connectivity index (χ1n) is 51.8. The van der Waals surface area contributed by atoms with Crippen molar-refractivity contribution in [3.05, 3.63) is 188 Å². The standard InChI is InChI=1S/C107H151ClN20O11S/c1-70(2)111-46-16-13-31-88(115-71(3)4)102(133)126-56-53-123(67-91(126)99(130)112-64-76-24-21-28-83(108)60-76)106-117-73(6)96(138-106)81-39-37-78(38-40-81)79-44-51-122(52-45-79)50-20-15-32-89(119-84-41-34-75(63-109)35-42-84)103(134)127-57-55-125(68-92(127)100(131)113-65-77-36-43-87(98(110)129)94(61-77)136-8)107-118-74(7)97(139-107)82-27-22-29-85(62-82)120-90(33-14-19-49-121-47-17-10-18-48-121)104(135)128-58-54-124(69-93(128)101(132)114-66-86-30-23-59-140-86)105-116-72(5)95(137-105)80-25-11-9-12-26-80/h9,11-12,21-30,36-40,43,59-62,70-75,79,84,88-93,95-97,111,115,119-120H,10,13-20,31-35,41-42,44-58,63-69,109H2,1-8H3,(H2,110,129)(H,112,130)(H,113,131)(H,114,132)/t72-,73-,74-,75?,84?,88+,89+,90+,91-,92-,93-,95+,96+,97+/m0/s1. The molecule has 15 rings (SSSR count). The first-order valence-corrected chi connectivity index (χ1v) is 53.0. The summed E-state index contributed by atoms with van der Waals surface area (Å²) in [6.45, 7) is 25.1. The predicted molar refractivity (Wildman–Crippen MR) is 550 cm³/mol. The van der Waals surface area contributed by atoms with Gasteiger partial charge in [0.05, 0.1) is 69.1 Å². The van der Waals surface area contributed by atoms with E-state index >= 15 is 14.4 Å². The number of carbonyl (C=O) groups is 7. The minimum absolute atomic E-state index is 0.0649. The van der Waals surface area contributed by atoms with Crippen molar-refractivity contribution < 1.29 is 52.5 Å². The molecule has 1 aliphatic carbocycles. The molecule has 1 saturated carbocycles. The number of nitrogens with two attached hydrogens (primary N) is 2. The number of likely N-dealkylation sites (tertiary alicyclic amines) is 2. The van der Waals surface area contributed by atoms with E-state index in [1.165, 1.54) is 31.9 Å². The number of halogens is 1. The van der Waals surface area contributed by atoms with Crippen LogP contribution in [-0.2, 0) is 62.6 Å². The van der Waals surface area contributed by atoms with Gasteiger partial charge in [0.25, 0.3) is 24.0 Å². The largest absolute Gasteiger partial charge is 0.496 e. The summed E-state index contributed by atoms with van der Waals surface area (Å²) in [5.74, 6) is -0.778. The zero-order chi connectivity index (χ0) is 98.3. The molecular weight excluding hydrogens is 1810 g/mol. The number of piperidine rings is 2. The van der Waals surface area contributed by atoms with E-state index in [1.54, 1.807) is 50.3 Å². The molecule has 9 aliphatic rings. The maximum Gasteiger partial charge on any atom is 0.288 e. The Morgan fingerprint density at radius 2 is 1.00 bits per heavy atom. The molecule has 0 unspecified atom stereocenters. The molecule has 1 aromatic heterocycles. The lowest BCUT2D eigenvalue weighted by Gasteiger charge is -2.43. The van der Waals surface area contributed by atoms with Crippen molar-refractivity contribution >= 4 is 88.0 Å². The van der Waals surface area contributed by atoms with E-state index in [0.717, 1.165) is 156 Å². The molecule has 8 aliphatic heterocycles. The number of nitrogens with one attached hydrogen (secondary N) is 7. The number of hydrogen-bond acceptors (Lipinski definition) is 25. The average molecular weight is 1960 g/mol. The molecule has 31 nitrogen and oxygen atoms in total. The highest BCUT2D eigenvalue weighted by Gasteiger charge is 2.47. The second-order valence-corrected chi connectivity index (χ2v) is 41.8. The van der Waals surface area contributed by atoms with Crippen molar-refractivity contribution in [2.45, 2.75) is 280 Å². The van der Waals surface area contributed by atoms with Crippen molar-refractivity contribution in [2.24, 2.45) is 32.4 Å². The van der Waals surface area contributed by atoms with Gasteiger partial charge in [-0.15, -0.1) is 11.3 Å². The minimum Gasteiger partial charge on any atom is -0.496 e. The lowest BCUT2D eigenvalue weighted by molar-refractivity contribution is -0.145. The lowest BCUT2D eigenvalue weighted by Crippen LogP contribution is -2.64. The number of methoxy groups -OCH3 is 1. The second-order valence-electron chi connectivity index (χ2n) is 40.4. The molecule has 11 N–H and O–H groups in total. The molecule has 12 atom stereocenters. The van der Waals surface area contributed by atoms with Crippen molar-refractivity contribution in [1.82, 2.24) is 71.1 Å². The lowest BCUT2D eigenvalue weighted by atomic mass is 9.85. The fourth-order valence-electron chi connectivity index (χ4n) is 21.5. The summed E-state index contributed by atoms with van der Waals surface area (Å²) < 4.78 is 26.0. The van der Waals surface area contributed by atoms with E-state index in [0.29, 0.717) is 105 Å². The first kappa shape index (κ1) is 104. The molecule has 5 saturated heterocycles. The summed E-state index contributed by atoms with van der Waals surface area (Å²) in [6, 6.07) is 40.1. The monoisotopic (exact) mass is 1960 g/mol. The highest BCUT2D eigenvalue weighted by molar-refractivity contribution is 7.09. The number of rotatable bonds is 41. The van der Waals surface area contributed by atoms with Crippen molar-refractivity contribution in [2.75, 3.05) is 124 Å². The number of hydrogen-bond donors (Lipinski definition) is 9. The molecule has 6 aromatic rings. The van der Waals surface area contributed by atoms with Crippen LogP contribution < -0.4 is 53.4 Å². The number of amidine groups is 3. The molecule has 0 bridgehead atoms. The summed E-state index contributed by atoms with van der Waals surface area (Å²) in [5.41, 5.74) is 18.6.